The molecule has 2 N–H and O–H groups in total. The molecule has 0 unspecified atom stereocenters. The van der Waals surface area contributed by atoms with Crippen LogP contribution in [0.4, 0.5) is 5.69 Å². The normalized spacial score (nSPS) is 21.6. The summed E-state index contributed by atoms with van der Waals surface area (Å²) in [7, 11) is 0. The molecule has 2 amide bonds. The average molecular weight is 427 g/mol. The summed E-state index contributed by atoms with van der Waals surface area (Å²) in [5.41, 5.74) is 0.639. The van der Waals surface area contributed by atoms with Crippen molar-refractivity contribution in [3.63, 3.8) is 0 Å². The van der Waals surface area contributed by atoms with Crippen LogP contribution in [-0.2, 0) is 19.1 Å². The van der Waals surface area contributed by atoms with Gasteiger partial charge in [-0.1, -0.05) is 38.3 Å². The number of carbonyl (C=O) groups excluding carboxylic acids is 3. The standard InChI is InChI=1S/C20H27ClN2O4S/c1-13-4-3-5-17(14(13)2)23-18(24)10-27-20(26)12-28-11-19(25)22-16-8-6-15(21)7-9-16/h6-9,13-14,17H,3-5,10-12H2,1-2H3,(H,22,25)(H,23,24)/t13-,14+,17-/m0/s1. The van der Waals surface area contributed by atoms with Gasteiger partial charge < -0.3 is 15.4 Å². The molecule has 8 heteroatoms. The Balaban J connectivity index is 1.59. The maximum Gasteiger partial charge on any atom is 0.316 e. The number of hydrogen-bond donors (Lipinski definition) is 2. The molecule has 0 radical (unpaired) electrons. The molecule has 1 fully saturated rings. The van der Waals surface area contributed by atoms with Gasteiger partial charge in [0, 0.05) is 16.8 Å². The molecule has 2 rings (SSSR count). The van der Waals surface area contributed by atoms with Gasteiger partial charge >= 0.3 is 5.97 Å². The molecule has 1 aromatic carbocycles. The SMILES string of the molecule is C[C@H]1[C@@H](NC(=O)COC(=O)CSCC(=O)Nc2ccc(Cl)cc2)CCC[C@@H]1C. The van der Waals surface area contributed by atoms with Crippen molar-refractivity contribution in [3.05, 3.63) is 29.3 Å². The molecule has 0 heterocycles. The van der Waals surface area contributed by atoms with E-state index in [1.54, 1.807) is 24.3 Å². The van der Waals surface area contributed by atoms with E-state index >= 15 is 0 Å². The molecule has 0 aromatic heterocycles. The van der Waals surface area contributed by atoms with Gasteiger partial charge in [0.15, 0.2) is 6.61 Å². The molecule has 6 nitrogen and oxygen atoms in total. The van der Waals surface area contributed by atoms with Crippen LogP contribution in [0.25, 0.3) is 0 Å². The fraction of sp³-hybridized carbons (Fsp3) is 0.550. The number of rotatable bonds is 8. The quantitative estimate of drug-likeness (QED) is 0.621. The molecule has 1 aliphatic rings. The molecule has 28 heavy (non-hydrogen) atoms. The van der Waals surface area contributed by atoms with Crippen LogP contribution in [0.2, 0.25) is 5.02 Å². The van der Waals surface area contributed by atoms with E-state index in [4.69, 9.17) is 16.3 Å². The Bertz CT molecular complexity index is 683. The summed E-state index contributed by atoms with van der Waals surface area (Å²) < 4.78 is 5.00. The lowest BCUT2D eigenvalue weighted by Crippen LogP contribution is -2.45. The van der Waals surface area contributed by atoms with Gasteiger partial charge in [-0.15, -0.1) is 11.8 Å². The third-order valence-electron chi connectivity index (χ3n) is 5.00. The summed E-state index contributed by atoms with van der Waals surface area (Å²) in [4.78, 5) is 35.6. The first kappa shape index (κ1) is 22.6. The minimum absolute atomic E-state index is 0.0121. The van der Waals surface area contributed by atoms with Crippen LogP contribution in [-0.4, -0.2) is 41.9 Å². The van der Waals surface area contributed by atoms with Crippen molar-refractivity contribution in [3.8, 4) is 0 Å². The van der Waals surface area contributed by atoms with Crippen molar-refractivity contribution < 1.29 is 19.1 Å². The van der Waals surface area contributed by atoms with Crippen molar-refractivity contribution >= 4 is 46.8 Å². The molecular weight excluding hydrogens is 400 g/mol. The van der Waals surface area contributed by atoms with Crippen molar-refractivity contribution in [2.24, 2.45) is 11.8 Å². The maximum absolute atomic E-state index is 12.0. The van der Waals surface area contributed by atoms with Crippen molar-refractivity contribution in [1.82, 2.24) is 5.32 Å². The van der Waals surface area contributed by atoms with Gasteiger partial charge in [-0.05, 0) is 42.5 Å². The number of halogens is 1. The number of anilines is 1. The Morgan fingerprint density at radius 2 is 1.82 bits per heavy atom. The third-order valence-corrected chi connectivity index (χ3v) is 6.16. The van der Waals surface area contributed by atoms with E-state index < -0.39 is 5.97 Å². The number of esters is 1. The number of benzene rings is 1. The molecule has 0 saturated heterocycles. The highest BCUT2D eigenvalue weighted by molar-refractivity contribution is 8.00. The van der Waals surface area contributed by atoms with E-state index in [9.17, 15) is 14.4 Å². The highest BCUT2D eigenvalue weighted by Gasteiger charge is 2.28. The van der Waals surface area contributed by atoms with Crippen LogP contribution in [0.1, 0.15) is 33.1 Å². The zero-order valence-corrected chi connectivity index (χ0v) is 17.8. The van der Waals surface area contributed by atoms with Crippen molar-refractivity contribution in [2.75, 3.05) is 23.4 Å². The lowest BCUT2D eigenvalue weighted by atomic mass is 9.78. The molecule has 3 atom stereocenters. The van der Waals surface area contributed by atoms with Crippen molar-refractivity contribution in [2.45, 2.75) is 39.2 Å². The number of thioether (sulfide) groups is 1. The van der Waals surface area contributed by atoms with Crippen LogP contribution in [0.15, 0.2) is 24.3 Å². The Hall–Kier alpha value is -1.73. The second kappa shape index (κ2) is 11.3. The summed E-state index contributed by atoms with van der Waals surface area (Å²) in [5.74, 6) is 0.118. The van der Waals surface area contributed by atoms with E-state index in [1.165, 1.54) is 6.42 Å². The molecule has 1 aliphatic carbocycles. The predicted molar refractivity (Wildman–Crippen MR) is 112 cm³/mol. The fourth-order valence-electron chi connectivity index (χ4n) is 3.18. The highest BCUT2D eigenvalue weighted by Crippen LogP contribution is 2.29. The van der Waals surface area contributed by atoms with E-state index in [1.807, 2.05) is 0 Å². The smallest absolute Gasteiger partial charge is 0.316 e. The van der Waals surface area contributed by atoms with Crippen LogP contribution in [0, 0.1) is 11.8 Å². The Labute approximate surface area is 175 Å². The average Bonchev–Trinajstić information content (AvgIpc) is 2.66. The third kappa shape index (κ3) is 7.72. The Kier molecular flexibility index (Phi) is 9.12. The highest BCUT2D eigenvalue weighted by atomic mass is 35.5. The molecule has 154 valence electrons. The molecule has 1 saturated carbocycles. The topological polar surface area (TPSA) is 84.5 Å². The van der Waals surface area contributed by atoms with E-state index in [0.29, 0.717) is 22.5 Å². The number of hydrogen-bond acceptors (Lipinski definition) is 5. The zero-order chi connectivity index (χ0) is 20.5. The van der Waals surface area contributed by atoms with E-state index in [0.717, 1.165) is 24.6 Å². The minimum atomic E-state index is -0.510. The van der Waals surface area contributed by atoms with Gasteiger partial charge in [0.2, 0.25) is 5.91 Å². The van der Waals surface area contributed by atoms with E-state index in [-0.39, 0.29) is 36.0 Å². The first-order chi connectivity index (χ1) is 13.3. The summed E-state index contributed by atoms with van der Waals surface area (Å²) in [5, 5.41) is 6.26. The van der Waals surface area contributed by atoms with Gasteiger partial charge in [-0.2, -0.15) is 0 Å². The van der Waals surface area contributed by atoms with Gasteiger partial charge in [0.1, 0.15) is 0 Å². The molecular formula is C20H27ClN2O4S. The monoisotopic (exact) mass is 426 g/mol. The minimum Gasteiger partial charge on any atom is -0.455 e. The fourth-order valence-corrected chi connectivity index (χ4v) is 3.91. The molecule has 0 bridgehead atoms. The van der Waals surface area contributed by atoms with Gasteiger partial charge in [-0.3, -0.25) is 14.4 Å². The molecule has 0 aliphatic heterocycles. The van der Waals surface area contributed by atoms with Crippen LogP contribution < -0.4 is 10.6 Å². The summed E-state index contributed by atoms with van der Waals surface area (Å²) in [6.07, 6.45) is 3.25. The molecule has 1 aromatic rings. The summed E-state index contributed by atoms with van der Waals surface area (Å²) in [6, 6.07) is 6.90. The number of nitrogens with one attached hydrogen (secondary N) is 2. The number of amides is 2. The number of ether oxygens (including phenoxy) is 1. The Morgan fingerprint density at radius 1 is 1.11 bits per heavy atom. The van der Waals surface area contributed by atoms with Gasteiger partial charge in [0.05, 0.1) is 11.5 Å². The van der Waals surface area contributed by atoms with Crippen LogP contribution in [0.5, 0.6) is 0 Å². The lowest BCUT2D eigenvalue weighted by molar-refractivity contribution is -0.146. The van der Waals surface area contributed by atoms with Gasteiger partial charge in [-0.25, -0.2) is 0 Å². The largest absolute Gasteiger partial charge is 0.455 e. The molecule has 0 spiro atoms. The lowest BCUT2D eigenvalue weighted by Gasteiger charge is -2.34. The zero-order valence-electron chi connectivity index (χ0n) is 16.2. The summed E-state index contributed by atoms with van der Waals surface area (Å²) >= 11 is 6.93. The number of carbonyl (C=O) groups is 3. The second-order valence-corrected chi connectivity index (χ2v) is 8.57. The maximum atomic E-state index is 12.0. The predicted octanol–water partition coefficient (Wildman–Crippen LogP) is 3.50. The first-order valence-electron chi connectivity index (χ1n) is 9.43. The first-order valence-corrected chi connectivity index (χ1v) is 11.0. The second-order valence-electron chi connectivity index (χ2n) is 7.15. The summed E-state index contributed by atoms with van der Waals surface area (Å²) in [6.45, 7) is 4.06. The Morgan fingerprint density at radius 3 is 2.54 bits per heavy atom. The van der Waals surface area contributed by atoms with E-state index in [2.05, 4.69) is 24.5 Å². The van der Waals surface area contributed by atoms with Crippen LogP contribution >= 0.6 is 23.4 Å². The van der Waals surface area contributed by atoms with Crippen molar-refractivity contribution in [1.29, 1.82) is 0 Å². The van der Waals surface area contributed by atoms with Gasteiger partial charge in [0.25, 0.3) is 5.91 Å². The van der Waals surface area contributed by atoms with Crippen LogP contribution in [0.3, 0.4) is 0 Å².